The molecule has 0 fully saturated rings. The molecule has 0 heterocycles. The smallest absolute Gasteiger partial charge is 0.303 e. The van der Waals surface area contributed by atoms with Crippen LogP contribution in [0.1, 0.15) is 43.4 Å². The van der Waals surface area contributed by atoms with Crippen LogP contribution < -0.4 is 10.1 Å². The van der Waals surface area contributed by atoms with Gasteiger partial charge in [-0.15, -0.1) is 0 Å². The molecule has 4 nitrogen and oxygen atoms in total. The molecule has 0 radical (unpaired) electrons. The maximum absolute atomic E-state index is 14.8. The van der Waals surface area contributed by atoms with Crippen LogP contribution >= 0.6 is 23.2 Å². The van der Waals surface area contributed by atoms with E-state index in [0.29, 0.717) is 23.2 Å². The molecule has 0 bridgehead atoms. The summed E-state index contributed by atoms with van der Waals surface area (Å²) in [5, 5.41) is 12.5. The predicted octanol–water partition coefficient (Wildman–Crippen LogP) is 6.25. The minimum atomic E-state index is -0.899. The fourth-order valence-corrected chi connectivity index (χ4v) is 3.36. The second-order valence-corrected chi connectivity index (χ2v) is 7.62. The minimum Gasteiger partial charge on any atom is -0.486 e. The van der Waals surface area contributed by atoms with Crippen LogP contribution in [0.5, 0.6) is 5.75 Å². The van der Waals surface area contributed by atoms with Gasteiger partial charge in [0.1, 0.15) is 6.61 Å². The van der Waals surface area contributed by atoms with Gasteiger partial charge in [0.05, 0.1) is 15.7 Å². The lowest BCUT2D eigenvalue weighted by atomic mass is 10.1. The van der Waals surface area contributed by atoms with Gasteiger partial charge in [0.25, 0.3) is 0 Å². The third-order valence-corrected chi connectivity index (χ3v) is 4.93. The number of hydrogen-bond donors (Lipinski definition) is 2. The highest BCUT2D eigenvalue weighted by atomic mass is 35.5. The van der Waals surface area contributed by atoms with Gasteiger partial charge in [0.2, 0.25) is 0 Å². The molecule has 0 aromatic heterocycles. The number of carboxylic acid groups (broad SMARTS) is 1. The molecular formula is C21H24Cl2FNO3. The maximum atomic E-state index is 14.8. The number of carboxylic acids is 1. The van der Waals surface area contributed by atoms with E-state index < -0.39 is 5.97 Å². The summed E-state index contributed by atoms with van der Waals surface area (Å²) in [7, 11) is 0. The number of anilines is 1. The van der Waals surface area contributed by atoms with E-state index in [2.05, 4.69) is 5.32 Å². The van der Waals surface area contributed by atoms with Crippen molar-refractivity contribution in [1.82, 2.24) is 0 Å². The quantitative estimate of drug-likeness (QED) is 0.496. The van der Waals surface area contributed by atoms with Crippen molar-refractivity contribution in [2.75, 3.05) is 5.32 Å². The molecule has 2 N–H and O–H groups in total. The van der Waals surface area contributed by atoms with Crippen molar-refractivity contribution in [3.05, 3.63) is 56.8 Å². The monoisotopic (exact) mass is 427 g/mol. The van der Waals surface area contributed by atoms with Crippen LogP contribution in [0.15, 0.2) is 24.3 Å². The summed E-state index contributed by atoms with van der Waals surface area (Å²) in [5.41, 5.74) is 2.44. The number of benzene rings is 2. The molecule has 0 spiro atoms. The highest BCUT2D eigenvalue weighted by Crippen LogP contribution is 2.35. The average molecular weight is 428 g/mol. The summed E-state index contributed by atoms with van der Waals surface area (Å²) in [6, 6.07) is 6.87. The molecule has 0 saturated carbocycles. The highest BCUT2D eigenvalue weighted by molar-refractivity contribution is 6.37. The second kappa shape index (κ2) is 9.99. The summed E-state index contributed by atoms with van der Waals surface area (Å²) >= 11 is 12.5. The molecule has 1 atom stereocenters. The Labute approximate surface area is 174 Å². The van der Waals surface area contributed by atoms with E-state index >= 15 is 0 Å². The SMILES string of the molecule is CCC(C)Nc1cc(C)cc(COc2c(Cl)cc(CCC(=O)O)cc2Cl)c1F. The van der Waals surface area contributed by atoms with Crippen molar-refractivity contribution < 1.29 is 19.0 Å². The Kier molecular flexibility index (Phi) is 7.96. The van der Waals surface area contributed by atoms with Crippen LogP contribution in [-0.4, -0.2) is 17.1 Å². The molecule has 2 aromatic carbocycles. The van der Waals surface area contributed by atoms with Gasteiger partial charge in [-0.2, -0.15) is 0 Å². The van der Waals surface area contributed by atoms with Crippen LogP contribution in [-0.2, 0) is 17.8 Å². The first kappa shape index (κ1) is 22.3. The molecule has 0 aliphatic rings. The molecule has 0 aliphatic carbocycles. The Hall–Kier alpha value is -1.98. The number of halogens is 3. The van der Waals surface area contributed by atoms with Gasteiger partial charge in [-0.3, -0.25) is 4.79 Å². The number of aryl methyl sites for hydroxylation is 2. The molecule has 2 rings (SSSR count). The standard InChI is InChI=1S/C21H24Cl2FNO3/c1-4-13(3)25-18-8-12(2)7-15(20(18)24)11-28-21-16(22)9-14(10-17(21)23)5-6-19(26)27/h7-10,13,25H,4-6,11H2,1-3H3,(H,26,27). The zero-order valence-electron chi connectivity index (χ0n) is 16.1. The van der Waals surface area contributed by atoms with Gasteiger partial charge in [-0.05, 0) is 62.1 Å². The summed E-state index contributed by atoms with van der Waals surface area (Å²) in [5.74, 6) is -1.01. The molecule has 7 heteroatoms. The Bertz CT molecular complexity index is 835. The van der Waals surface area contributed by atoms with Crippen LogP contribution in [0.3, 0.4) is 0 Å². The highest BCUT2D eigenvalue weighted by Gasteiger charge is 2.15. The lowest BCUT2D eigenvalue weighted by molar-refractivity contribution is -0.136. The van der Waals surface area contributed by atoms with Gasteiger partial charge in [0, 0.05) is 18.0 Å². The summed E-state index contributed by atoms with van der Waals surface area (Å²) in [4.78, 5) is 10.7. The number of nitrogens with one attached hydrogen (secondary N) is 1. The van der Waals surface area contributed by atoms with Gasteiger partial charge in [0.15, 0.2) is 11.6 Å². The molecule has 28 heavy (non-hydrogen) atoms. The number of hydrogen-bond acceptors (Lipinski definition) is 3. The molecule has 2 aromatic rings. The van der Waals surface area contributed by atoms with Crippen molar-refractivity contribution in [3.63, 3.8) is 0 Å². The van der Waals surface area contributed by atoms with Crippen molar-refractivity contribution in [2.45, 2.75) is 52.7 Å². The zero-order valence-corrected chi connectivity index (χ0v) is 17.6. The van der Waals surface area contributed by atoms with Crippen molar-refractivity contribution in [2.24, 2.45) is 0 Å². The van der Waals surface area contributed by atoms with Gasteiger partial charge >= 0.3 is 5.97 Å². The third-order valence-electron chi connectivity index (χ3n) is 4.36. The lowest BCUT2D eigenvalue weighted by Gasteiger charge is -2.17. The molecular weight excluding hydrogens is 404 g/mol. The Morgan fingerprint density at radius 2 is 1.89 bits per heavy atom. The zero-order chi connectivity index (χ0) is 20.8. The van der Waals surface area contributed by atoms with E-state index in [1.165, 1.54) is 0 Å². The Morgan fingerprint density at radius 3 is 2.46 bits per heavy atom. The van der Waals surface area contributed by atoms with Crippen LogP contribution in [0.2, 0.25) is 10.0 Å². The molecule has 0 amide bonds. The Morgan fingerprint density at radius 1 is 1.25 bits per heavy atom. The van der Waals surface area contributed by atoms with Crippen LogP contribution in [0.4, 0.5) is 10.1 Å². The van der Waals surface area contributed by atoms with E-state index in [1.807, 2.05) is 20.8 Å². The van der Waals surface area contributed by atoms with Crippen LogP contribution in [0.25, 0.3) is 0 Å². The second-order valence-electron chi connectivity index (χ2n) is 6.81. The van der Waals surface area contributed by atoms with Gasteiger partial charge < -0.3 is 15.2 Å². The first-order valence-corrected chi connectivity index (χ1v) is 9.84. The van der Waals surface area contributed by atoms with Gasteiger partial charge in [-0.1, -0.05) is 30.1 Å². The summed E-state index contributed by atoms with van der Waals surface area (Å²) < 4.78 is 20.5. The average Bonchev–Trinajstić information content (AvgIpc) is 2.62. The number of aliphatic carboxylic acids is 1. The van der Waals surface area contributed by atoms with E-state index in [4.69, 9.17) is 33.0 Å². The fraction of sp³-hybridized carbons (Fsp3) is 0.381. The van der Waals surface area contributed by atoms with Gasteiger partial charge in [-0.25, -0.2) is 4.39 Å². The molecule has 1 unspecified atom stereocenters. The van der Waals surface area contributed by atoms with Crippen molar-refractivity contribution >= 4 is 34.9 Å². The normalized spacial score (nSPS) is 11.9. The lowest BCUT2D eigenvalue weighted by Crippen LogP contribution is -2.15. The van der Waals surface area contributed by atoms with Crippen molar-refractivity contribution in [1.29, 1.82) is 0 Å². The first-order chi connectivity index (χ1) is 13.2. The van der Waals surface area contributed by atoms with Crippen molar-refractivity contribution in [3.8, 4) is 5.75 Å². The summed E-state index contributed by atoms with van der Waals surface area (Å²) in [6.45, 7) is 5.88. The predicted molar refractivity (Wildman–Crippen MR) is 111 cm³/mol. The fourth-order valence-electron chi connectivity index (χ4n) is 2.72. The van der Waals surface area contributed by atoms with E-state index in [0.717, 1.165) is 12.0 Å². The Balaban J connectivity index is 2.18. The van der Waals surface area contributed by atoms with E-state index in [1.54, 1.807) is 24.3 Å². The van der Waals surface area contributed by atoms with Crippen LogP contribution in [0, 0.1) is 12.7 Å². The largest absolute Gasteiger partial charge is 0.486 e. The molecule has 152 valence electrons. The third kappa shape index (κ3) is 6.01. The summed E-state index contributed by atoms with van der Waals surface area (Å²) in [6.07, 6.45) is 1.16. The number of rotatable bonds is 9. The number of carbonyl (C=O) groups is 1. The van der Waals surface area contributed by atoms with E-state index in [9.17, 15) is 9.18 Å². The topological polar surface area (TPSA) is 58.6 Å². The minimum absolute atomic E-state index is 0.0205. The molecule has 0 aliphatic heterocycles. The maximum Gasteiger partial charge on any atom is 0.303 e. The molecule has 0 saturated heterocycles. The van der Waals surface area contributed by atoms with E-state index in [-0.39, 0.29) is 40.7 Å². The first-order valence-electron chi connectivity index (χ1n) is 9.09. The number of ether oxygens (including phenoxy) is 1.